The Bertz CT molecular complexity index is 1160. The number of carboxylic acids is 1. The van der Waals surface area contributed by atoms with Gasteiger partial charge in [0.15, 0.2) is 0 Å². The van der Waals surface area contributed by atoms with Crippen LogP contribution in [-0.2, 0) is 4.79 Å². The lowest BCUT2D eigenvalue weighted by Crippen LogP contribution is -2.44. The van der Waals surface area contributed by atoms with Crippen molar-refractivity contribution in [1.29, 1.82) is 0 Å². The summed E-state index contributed by atoms with van der Waals surface area (Å²) in [7, 11) is 1.60. The Morgan fingerprint density at radius 3 is 2.89 bits per heavy atom. The standard InChI is InChI=1S/C27H31FN2O4S/c1-34-19-7-8-24-21(16-19)20(10-12-29-24)25(31)9-6-18-11-13-30(17-22(18)27(32)33)14-15-35-26-5-3-2-4-23(26)28/h2-5,7-8,10,12,16,18,22,25,31H,6,9,11,13-15,17H2,1H3,(H,32,33)/t18-,22+,25+/m1/s1. The van der Waals surface area contributed by atoms with E-state index in [1.807, 2.05) is 30.3 Å². The van der Waals surface area contributed by atoms with Gasteiger partial charge in [-0.15, -0.1) is 11.8 Å². The molecule has 1 saturated heterocycles. The van der Waals surface area contributed by atoms with Crippen LogP contribution in [0.1, 0.15) is 30.9 Å². The zero-order valence-corrected chi connectivity index (χ0v) is 20.6. The van der Waals surface area contributed by atoms with Gasteiger partial charge in [0, 0.05) is 35.3 Å². The molecule has 0 bridgehead atoms. The summed E-state index contributed by atoms with van der Waals surface area (Å²) < 4.78 is 19.2. The van der Waals surface area contributed by atoms with E-state index < -0.39 is 18.0 Å². The van der Waals surface area contributed by atoms with Crippen molar-refractivity contribution in [2.24, 2.45) is 11.8 Å². The van der Waals surface area contributed by atoms with Crippen LogP contribution in [0.3, 0.4) is 0 Å². The van der Waals surface area contributed by atoms with E-state index in [1.165, 1.54) is 17.8 Å². The van der Waals surface area contributed by atoms with Crippen molar-refractivity contribution in [3.05, 3.63) is 66.1 Å². The Morgan fingerprint density at radius 2 is 2.11 bits per heavy atom. The summed E-state index contributed by atoms with van der Waals surface area (Å²) in [6.45, 7) is 1.99. The number of piperidine rings is 1. The van der Waals surface area contributed by atoms with Gasteiger partial charge >= 0.3 is 5.97 Å². The normalized spacial score (nSPS) is 19.5. The molecule has 1 aliphatic heterocycles. The molecule has 8 heteroatoms. The fraction of sp³-hybridized carbons (Fsp3) is 0.407. The number of aliphatic carboxylic acids is 1. The van der Waals surface area contributed by atoms with Gasteiger partial charge in [0.1, 0.15) is 11.6 Å². The van der Waals surface area contributed by atoms with Gasteiger partial charge in [-0.25, -0.2) is 4.39 Å². The Morgan fingerprint density at radius 1 is 1.29 bits per heavy atom. The molecule has 0 aliphatic carbocycles. The van der Waals surface area contributed by atoms with Gasteiger partial charge in [-0.3, -0.25) is 9.78 Å². The van der Waals surface area contributed by atoms with Crippen molar-refractivity contribution in [2.75, 3.05) is 32.5 Å². The number of ether oxygens (including phenoxy) is 1. The van der Waals surface area contributed by atoms with Crippen molar-refractivity contribution in [2.45, 2.75) is 30.3 Å². The number of aliphatic hydroxyl groups is 1. The number of aliphatic hydroxyl groups excluding tert-OH is 1. The van der Waals surface area contributed by atoms with E-state index >= 15 is 0 Å². The minimum absolute atomic E-state index is 0.000239. The van der Waals surface area contributed by atoms with Gasteiger partial charge in [0.05, 0.1) is 24.6 Å². The third-order valence-electron chi connectivity index (χ3n) is 6.81. The van der Waals surface area contributed by atoms with E-state index in [2.05, 4.69) is 9.88 Å². The molecule has 1 aliphatic rings. The highest BCUT2D eigenvalue weighted by Crippen LogP contribution is 2.34. The number of methoxy groups -OCH3 is 1. The molecule has 0 radical (unpaired) electrons. The molecular weight excluding hydrogens is 467 g/mol. The zero-order chi connectivity index (χ0) is 24.8. The van der Waals surface area contributed by atoms with Crippen molar-refractivity contribution >= 4 is 28.6 Å². The highest BCUT2D eigenvalue weighted by atomic mass is 32.2. The van der Waals surface area contributed by atoms with E-state index in [1.54, 1.807) is 25.4 Å². The number of pyridine rings is 1. The molecule has 3 aromatic rings. The van der Waals surface area contributed by atoms with Gasteiger partial charge in [0.25, 0.3) is 0 Å². The van der Waals surface area contributed by atoms with Crippen LogP contribution in [0.2, 0.25) is 0 Å². The number of rotatable bonds is 10. The minimum atomic E-state index is -0.796. The number of fused-ring (bicyclic) bond motifs is 1. The molecule has 4 rings (SSSR count). The first-order valence-electron chi connectivity index (χ1n) is 11.9. The van der Waals surface area contributed by atoms with Crippen molar-refractivity contribution in [1.82, 2.24) is 9.88 Å². The number of hydrogen-bond acceptors (Lipinski definition) is 6. The molecule has 35 heavy (non-hydrogen) atoms. The average molecular weight is 499 g/mol. The lowest BCUT2D eigenvalue weighted by Gasteiger charge is -2.37. The summed E-state index contributed by atoms with van der Waals surface area (Å²) in [4.78, 5) is 19.2. The molecular formula is C27H31FN2O4S. The lowest BCUT2D eigenvalue weighted by molar-refractivity contribution is -0.146. The second-order valence-electron chi connectivity index (χ2n) is 8.95. The highest BCUT2D eigenvalue weighted by molar-refractivity contribution is 7.99. The first-order chi connectivity index (χ1) is 17.0. The van der Waals surface area contributed by atoms with Crippen LogP contribution in [0.25, 0.3) is 10.9 Å². The van der Waals surface area contributed by atoms with Crippen LogP contribution >= 0.6 is 11.8 Å². The quantitative estimate of drug-likeness (QED) is 0.380. The molecule has 2 heterocycles. The molecule has 3 atom stereocenters. The molecule has 1 fully saturated rings. The molecule has 0 unspecified atom stereocenters. The van der Waals surface area contributed by atoms with E-state index in [0.717, 1.165) is 29.4 Å². The second-order valence-corrected chi connectivity index (χ2v) is 10.1. The van der Waals surface area contributed by atoms with Gasteiger partial charge in [-0.1, -0.05) is 12.1 Å². The number of benzene rings is 2. The van der Waals surface area contributed by atoms with Crippen LogP contribution in [0.5, 0.6) is 5.75 Å². The largest absolute Gasteiger partial charge is 0.497 e. The number of carboxylic acid groups (broad SMARTS) is 1. The van der Waals surface area contributed by atoms with E-state index in [4.69, 9.17) is 4.74 Å². The fourth-order valence-corrected chi connectivity index (χ4v) is 5.78. The van der Waals surface area contributed by atoms with Crippen LogP contribution < -0.4 is 4.74 Å². The maximum absolute atomic E-state index is 13.8. The summed E-state index contributed by atoms with van der Waals surface area (Å²) in [5, 5.41) is 21.7. The molecule has 0 amide bonds. The van der Waals surface area contributed by atoms with Gasteiger partial charge in [0.2, 0.25) is 0 Å². The summed E-state index contributed by atoms with van der Waals surface area (Å²) >= 11 is 1.46. The summed E-state index contributed by atoms with van der Waals surface area (Å²) in [5.74, 6) is -0.0992. The predicted molar refractivity (Wildman–Crippen MR) is 135 cm³/mol. The first kappa shape index (κ1) is 25.4. The van der Waals surface area contributed by atoms with Gasteiger partial charge < -0.3 is 19.8 Å². The first-order valence-corrected chi connectivity index (χ1v) is 12.9. The maximum Gasteiger partial charge on any atom is 0.308 e. The molecule has 2 N–H and O–H groups in total. The highest BCUT2D eigenvalue weighted by Gasteiger charge is 2.34. The Kier molecular flexibility index (Phi) is 8.59. The lowest BCUT2D eigenvalue weighted by atomic mass is 9.81. The molecule has 6 nitrogen and oxygen atoms in total. The fourth-order valence-electron chi connectivity index (χ4n) is 4.83. The van der Waals surface area contributed by atoms with E-state index in [0.29, 0.717) is 42.3 Å². The van der Waals surface area contributed by atoms with Crippen molar-refractivity contribution < 1.29 is 24.1 Å². The van der Waals surface area contributed by atoms with Crippen molar-refractivity contribution in [3.63, 3.8) is 0 Å². The van der Waals surface area contributed by atoms with Crippen molar-refractivity contribution in [3.8, 4) is 5.75 Å². The molecule has 0 saturated carbocycles. The number of carbonyl (C=O) groups is 1. The Hall–Kier alpha value is -2.68. The smallest absolute Gasteiger partial charge is 0.308 e. The van der Waals surface area contributed by atoms with Crippen LogP contribution in [0, 0.1) is 17.7 Å². The van der Waals surface area contributed by atoms with Crippen LogP contribution in [0.15, 0.2) is 59.6 Å². The second kappa shape index (κ2) is 11.8. The van der Waals surface area contributed by atoms with Gasteiger partial charge in [-0.2, -0.15) is 0 Å². The summed E-state index contributed by atoms with van der Waals surface area (Å²) in [5.41, 5.74) is 1.57. The Labute approximate surface area is 209 Å². The Balaban J connectivity index is 1.34. The number of nitrogens with zero attached hydrogens (tertiary/aromatic N) is 2. The summed E-state index contributed by atoms with van der Waals surface area (Å²) in [6, 6.07) is 14.1. The number of halogens is 1. The number of thioether (sulfide) groups is 1. The summed E-state index contributed by atoms with van der Waals surface area (Å²) in [6.07, 6.45) is 2.85. The average Bonchev–Trinajstić information content (AvgIpc) is 2.88. The van der Waals surface area contributed by atoms with E-state index in [-0.39, 0.29) is 11.7 Å². The van der Waals surface area contributed by atoms with E-state index in [9.17, 15) is 19.4 Å². The molecule has 1 aromatic heterocycles. The zero-order valence-electron chi connectivity index (χ0n) is 19.8. The third-order valence-corrected chi connectivity index (χ3v) is 7.84. The van der Waals surface area contributed by atoms with Gasteiger partial charge in [-0.05, 0) is 73.7 Å². The third kappa shape index (κ3) is 6.31. The number of aromatic nitrogens is 1. The van der Waals surface area contributed by atoms with Crippen LogP contribution in [-0.4, -0.2) is 58.6 Å². The molecule has 0 spiro atoms. The SMILES string of the molecule is COc1ccc2nccc([C@@H](O)CC[C@@H]3CCN(CCSc4ccccc4F)C[C@@H]3C(=O)O)c2c1. The maximum atomic E-state index is 13.8. The van der Waals surface area contributed by atoms with Crippen LogP contribution in [0.4, 0.5) is 4.39 Å². The minimum Gasteiger partial charge on any atom is -0.497 e. The number of likely N-dealkylation sites (tertiary alicyclic amines) is 1. The monoisotopic (exact) mass is 498 g/mol. The molecule has 186 valence electrons. The molecule has 2 aromatic carbocycles. The topological polar surface area (TPSA) is 82.9 Å². The number of hydrogen-bond donors (Lipinski definition) is 2. The predicted octanol–water partition coefficient (Wildman–Crippen LogP) is 5.01.